The molecular formula is C14H16BrNO3S. The third-order valence-corrected chi connectivity index (χ3v) is 5.02. The van der Waals surface area contributed by atoms with E-state index in [0.717, 1.165) is 15.8 Å². The zero-order valence-electron chi connectivity index (χ0n) is 10.9. The van der Waals surface area contributed by atoms with Crippen LogP contribution in [0.3, 0.4) is 0 Å². The summed E-state index contributed by atoms with van der Waals surface area (Å²) < 4.78 is 0.976. The Bertz CT molecular complexity index is 515. The monoisotopic (exact) mass is 357 g/mol. The number of rotatable bonds is 5. The molecule has 1 heterocycles. The maximum absolute atomic E-state index is 12.0. The number of carboxylic acids is 1. The van der Waals surface area contributed by atoms with Crippen LogP contribution in [-0.2, 0) is 16.0 Å². The van der Waals surface area contributed by atoms with E-state index in [1.807, 2.05) is 24.3 Å². The van der Waals surface area contributed by atoms with Crippen LogP contribution in [0.2, 0.25) is 0 Å². The Morgan fingerprint density at radius 1 is 1.45 bits per heavy atom. The molecule has 1 saturated heterocycles. The average Bonchev–Trinajstić information content (AvgIpc) is 2.86. The molecular weight excluding hydrogens is 342 g/mol. The minimum absolute atomic E-state index is 0.199. The molecule has 1 aliphatic heterocycles. The molecule has 0 radical (unpaired) electrons. The Kier molecular flexibility index (Phi) is 5.10. The fourth-order valence-corrected chi connectivity index (χ4v) is 3.94. The molecule has 0 aliphatic carbocycles. The molecule has 20 heavy (non-hydrogen) atoms. The van der Waals surface area contributed by atoms with E-state index in [9.17, 15) is 14.7 Å². The number of aryl methyl sites for hydroxylation is 1. The first-order chi connectivity index (χ1) is 9.52. The van der Waals surface area contributed by atoms with Gasteiger partial charge in [0, 0.05) is 16.6 Å². The standard InChI is InChI=1S/C14H16BrNO3S/c15-11-3-1-2-10(8-11)4-5-12(17)16-14(13(18)19)6-7-20-9-14/h1-3,8H,4-7,9H2,(H,16,17)(H,18,19). The first-order valence-electron chi connectivity index (χ1n) is 6.38. The molecule has 4 nitrogen and oxygen atoms in total. The second-order valence-corrected chi connectivity index (χ2v) is 6.89. The van der Waals surface area contributed by atoms with Gasteiger partial charge in [-0.1, -0.05) is 28.1 Å². The van der Waals surface area contributed by atoms with Gasteiger partial charge in [-0.15, -0.1) is 0 Å². The summed E-state index contributed by atoms with van der Waals surface area (Å²) >= 11 is 4.95. The number of halogens is 1. The lowest BCUT2D eigenvalue weighted by Gasteiger charge is -2.24. The number of benzene rings is 1. The largest absolute Gasteiger partial charge is 0.479 e. The van der Waals surface area contributed by atoms with Crippen LogP contribution in [0.5, 0.6) is 0 Å². The van der Waals surface area contributed by atoms with Crippen molar-refractivity contribution < 1.29 is 14.7 Å². The number of amides is 1. The lowest BCUT2D eigenvalue weighted by Crippen LogP contribution is -2.54. The fourth-order valence-electron chi connectivity index (χ4n) is 2.17. The van der Waals surface area contributed by atoms with Gasteiger partial charge in [-0.2, -0.15) is 11.8 Å². The summed E-state index contributed by atoms with van der Waals surface area (Å²) in [4.78, 5) is 23.3. The van der Waals surface area contributed by atoms with Crippen LogP contribution >= 0.6 is 27.7 Å². The van der Waals surface area contributed by atoms with Gasteiger partial charge in [-0.05, 0) is 36.3 Å². The summed E-state index contributed by atoms with van der Waals surface area (Å²) in [7, 11) is 0. The molecule has 1 aliphatic rings. The van der Waals surface area contributed by atoms with Crippen molar-refractivity contribution in [3.8, 4) is 0 Å². The number of carboxylic acid groups (broad SMARTS) is 1. The first-order valence-corrected chi connectivity index (χ1v) is 8.33. The van der Waals surface area contributed by atoms with E-state index in [1.165, 1.54) is 0 Å². The number of carbonyl (C=O) groups excluding carboxylic acids is 1. The topological polar surface area (TPSA) is 66.4 Å². The van der Waals surface area contributed by atoms with Gasteiger partial charge < -0.3 is 10.4 Å². The Labute approximate surface area is 130 Å². The van der Waals surface area contributed by atoms with Crippen LogP contribution in [-0.4, -0.2) is 34.0 Å². The molecule has 2 N–H and O–H groups in total. The van der Waals surface area contributed by atoms with E-state index in [4.69, 9.17) is 0 Å². The van der Waals surface area contributed by atoms with Crippen LogP contribution in [0.15, 0.2) is 28.7 Å². The molecule has 0 spiro atoms. The SMILES string of the molecule is O=C(CCc1cccc(Br)c1)NC1(C(=O)O)CCSC1. The molecule has 2 rings (SSSR count). The second-order valence-electron chi connectivity index (χ2n) is 4.87. The van der Waals surface area contributed by atoms with Crippen molar-refractivity contribution in [2.24, 2.45) is 0 Å². The molecule has 1 aromatic carbocycles. The first kappa shape index (κ1) is 15.4. The highest BCUT2D eigenvalue weighted by Crippen LogP contribution is 2.28. The van der Waals surface area contributed by atoms with Crippen molar-refractivity contribution in [3.63, 3.8) is 0 Å². The highest BCUT2D eigenvalue weighted by atomic mass is 79.9. The van der Waals surface area contributed by atoms with Gasteiger partial charge in [0.25, 0.3) is 0 Å². The Balaban J connectivity index is 1.90. The van der Waals surface area contributed by atoms with E-state index in [2.05, 4.69) is 21.2 Å². The average molecular weight is 358 g/mol. The lowest BCUT2D eigenvalue weighted by atomic mass is 9.98. The van der Waals surface area contributed by atoms with Crippen molar-refractivity contribution in [3.05, 3.63) is 34.3 Å². The molecule has 1 aromatic rings. The molecule has 1 fully saturated rings. The summed E-state index contributed by atoms with van der Waals surface area (Å²) in [5.74, 6) is 0.0941. The number of aliphatic carboxylic acids is 1. The molecule has 0 saturated carbocycles. The van der Waals surface area contributed by atoms with E-state index < -0.39 is 11.5 Å². The zero-order valence-corrected chi connectivity index (χ0v) is 13.3. The number of thioether (sulfide) groups is 1. The summed E-state index contributed by atoms with van der Waals surface area (Å²) in [6, 6.07) is 7.77. The highest BCUT2D eigenvalue weighted by Gasteiger charge is 2.43. The quantitative estimate of drug-likeness (QED) is 0.849. The summed E-state index contributed by atoms with van der Waals surface area (Å²) in [6.07, 6.45) is 1.40. The smallest absolute Gasteiger partial charge is 0.330 e. The van der Waals surface area contributed by atoms with E-state index in [1.54, 1.807) is 11.8 Å². The molecule has 6 heteroatoms. The molecule has 0 bridgehead atoms. The molecule has 1 amide bonds. The van der Waals surface area contributed by atoms with Gasteiger partial charge in [-0.25, -0.2) is 4.79 Å². The van der Waals surface area contributed by atoms with Crippen LogP contribution in [0.1, 0.15) is 18.4 Å². The van der Waals surface area contributed by atoms with Gasteiger partial charge in [0.2, 0.25) is 5.91 Å². The Morgan fingerprint density at radius 2 is 2.25 bits per heavy atom. The minimum Gasteiger partial charge on any atom is -0.479 e. The summed E-state index contributed by atoms with van der Waals surface area (Å²) in [6.45, 7) is 0. The van der Waals surface area contributed by atoms with Crippen molar-refractivity contribution in [1.29, 1.82) is 0 Å². The predicted molar refractivity (Wildman–Crippen MR) is 82.9 cm³/mol. The molecule has 1 unspecified atom stereocenters. The van der Waals surface area contributed by atoms with Crippen molar-refractivity contribution in [2.75, 3.05) is 11.5 Å². The number of carbonyl (C=O) groups is 2. The second kappa shape index (κ2) is 6.63. The van der Waals surface area contributed by atoms with Gasteiger partial charge in [-0.3, -0.25) is 4.79 Å². The highest BCUT2D eigenvalue weighted by molar-refractivity contribution is 9.10. The third kappa shape index (κ3) is 3.76. The Hall–Kier alpha value is -1.01. The molecule has 108 valence electrons. The molecule has 1 atom stereocenters. The summed E-state index contributed by atoms with van der Waals surface area (Å²) in [5, 5.41) is 12.0. The minimum atomic E-state index is -1.07. The van der Waals surface area contributed by atoms with E-state index in [-0.39, 0.29) is 5.91 Å². The Morgan fingerprint density at radius 3 is 2.85 bits per heavy atom. The van der Waals surface area contributed by atoms with E-state index >= 15 is 0 Å². The number of nitrogens with one attached hydrogen (secondary N) is 1. The van der Waals surface area contributed by atoms with Gasteiger partial charge in [0.05, 0.1) is 0 Å². The maximum atomic E-state index is 12.0. The number of hydrogen-bond acceptors (Lipinski definition) is 3. The third-order valence-electron chi connectivity index (χ3n) is 3.34. The van der Waals surface area contributed by atoms with E-state index in [0.29, 0.717) is 25.0 Å². The number of hydrogen-bond donors (Lipinski definition) is 2. The maximum Gasteiger partial charge on any atom is 0.330 e. The van der Waals surface area contributed by atoms with Gasteiger partial charge >= 0.3 is 5.97 Å². The van der Waals surface area contributed by atoms with Crippen LogP contribution in [0, 0.1) is 0 Å². The van der Waals surface area contributed by atoms with Crippen LogP contribution in [0.25, 0.3) is 0 Å². The predicted octanol–water partition coefficient (Wildman–Crippen LogP) is 2.46. The fraction of sp³-hybridized carbons (Fsp3) is 0.429. The lowest BCUT2D eigenvalue weighted by molar-refractivity contribution is -0.146. The summed E-state index contributed by atoms with van der Waals surface area (Å²) in [5.41, 5.74) is -0.0151. The van der Waals surface area contributed by atoms with Crippen LogP contribution in [0.4, 0.5) is 0 Å². The van der Waals surface area contributed by atoms with Gasteiger partial charge in [0.1, 0.15) is 5.54 Å². The van der Waals surface area contributed by atoms with Gasteiger partial charge in [0.15, 0.2) is 0 Å². The van der Waals surface area contributed by atoms with Crippen molar-refractivity contribution in [2.45, 2.75) is 24.8 Å². The van der Waals surface area contributed by atoms with Crippen molar-refractivity contribution >= 4 is 39.6 Å². The van der Waals surface area contributed by atoms with Crippen molar-refractivity contribution in [1.82, 2.24) is 5.32 Å². The van der Waals surface area contributed by atoms with Crippen LogP contribution < -0.4 is 5.32 Å². The normalized spacial score (nSPS) is 21.6. The molecule has 0 aromatic heterocycles. The zero-order chi connectivity index (χ0) is 14.6.